The average molecular weight is 200 g/mol. The normalized spacial score (nSPS) is 46.9. The fourth-order valence-corrected chi connectivity index (χ4v) is 2.80. The van der Waals surface area contributed by atoms with Gasteiger partial charge in [0.15, 0.2) is 12.6 Å². The molecule has 0 saturated carbocycles. The molecule has 14 heavy (non-hydrogen) atoms. The molecule has 5 atom stereocenters. The molecule has 5 unspecified atom stereocenters. The van der Waals surface area contributed by atoms with Crippen molar-refractivity contribution in [1.82, 2.24) is 0 Å². The van der Waals surface area contributed by atoms with Gasteiger partial charge in [0.25, 0.3) is 0 Å². The number of fused-ring (bicyclic) bond motifs is 1. The Morgan fingerprint density at radius 1 is 1.43 bits per heavy atom. The van der Waals surface area contributed by atoms with Crippen molar-refractivity contribution in [3.8, 4) is 0 Å². The minimum atomic E-state index is -0.0484. The highest BCUT2D eigenvalue weighted by atomic mass is 16.8. The van der Waals surface area contributed by atoms with Crippen LogP contribution in [-0.4, -0.2) is 26.3 Å². The summed E-state index contributed by atoms with van der Waals surface area (Å²) in [6.07, 6.45) is 2.30. The minimum absolute atomic E-state index is 0.00787. The summed E-state index contributed by atoms with van der Waals surface area (Å²) in [6.45, 7) is 5.29. The van der Waals surface area contributed by atoms with Gasteiger partial charge in [-0.3, -0.25) is 0 Å². The Balaban J connectivity index is 2.07. The van der Waals surface area contributed by atoms with Crippen LogP contribution in [0.15, 0.2) is 0 Å². The van der Waals surface area contributed by atoms with Gasteiger partial charge in [-0.15, -0.1) is 0 Å². The first-order chi connectivity index (χ1) is 6.77. The van der Waals surface area contributed by atoms with E-state index in [-0.39, 0.29) is 12.6 Å². The molecular formula is C11H20O3. The van der Waals surface area contributed by atoms with Crippen LogP contribution >= 0.6 is 0 Å². The largest absolute Gasteiger partial charge is 0.355 e. The Morgan fingerprint density at radius 2 is 2.21 bits per heavy atom. The monoisotopic (exact) mass is 200 g/mol. The number of ether oxygens (including phenoxy) is 3. The van der Waals surface area contributed by atoms with E-state index in [1.807, 2.05) is 0 Å². The molecule has 0 spiro atoms. The van der Waals surface area contributed by atoms with E-state index < -0.39 is 0 Å². The zero-order valence-corrected chi connectivity index (χ0v) is 9.23. The second kappa shape index (κ2) is 4.17. The number of rotatable bonds is 3. The van der Waals surface area contributed by atoms with Gasteiger partial charge >= 0.3 is 0 Å². The van der Waals surface area contributed by atoms with E-state index in [0.29, 0.717) is 17.8 Å². The fourth-order valence-electron chi connectivity index (χ4n) is 2.80. The first-order valence-corrected chi connectivity index (χ1v) is 5.57. The van der Waals surface area contributed by atoms with Gasteiger partial charge in [0.1, 0.15) is 0 Å². The van der Waals surface area contributed by atoms with Crippen LogP contribution in [-0.2, 0) is 14.2 Å². The SMILES string of the molecule is CCCC1C(OC)OC2OCC(C)C21. The van der Waals surface area contributed by atoms with Gasteiger partial charge in [0, 0.05) is 18.9 Å². The lowest BCUT2D eigenvalue weighted by molar-refractivity contribution is -0.195. The van der Waals surface area contributed by atoms with E-state index in [2.05, 4.69) is 13.8 Å². The molecule has 2 rings (SSSR count). The van der Waals surface area contributed by atoms with Crippen LogP contribution in [0.25, 0.3) is 0 Å². The summed E-state index contributed by atoms with van der Waals surface area (Å²) in [6, 6.07) is 0. The smallest absolute Gasteiger partial charge is 0.164 e. The summed E-state index contributed by atoms with van der Waals surface area (Å²) in [7, 11) is 1.72. The lowest BCUT2D eigenvalue weighted by atomic mass is 9.83. The third kappa shape index (κ3) is 1.58. The lowest BCUT2D eigenvalue weighted by Crippen LogP contribution is -2.25. The second-order valence-electron chi connectivity index (χ2n) is 4.45. The summed E-state index contributed by atoms with van der Waals surface area (Å²) < 4.78 is 16.7. The number of hydrogen-bond donors (Lipinski definition) is 0. The maximum Gasteiger partial charge on any atom is 0.164 e. The van der Waals surface area contributed by atoms with Crippen LogP contribution < -0.4 is 0 Å². The van der Waals surface area contributed by atoms with Crippen molar-refractivity contribution in [2.45, 2.75) is 39.3 Å². The van der Waals surface area contributed by atoms with Crippen molar-refractivity contribution in [3.05, 3.63) is 0 Å². The molecule has 0 amide bonds. The molecule has 0 aromatic rings. The zero-order chi connectivity index (χ0) is 10.1. The highest BCUT2D eigenvalue weighted by Crippen LogP contribution is 2.44. The molecule has 2 heterocycles. The van der Waals surface area contributed by atoms with Crippen LogP contribution in [0.4, 0.5) is 0 Å². The van der Waals surface area contributed by atoms with E-state index in [0.717, 1.165) is 6.61 Å². The molecule has 0 radical (unpaired) electrons. The third-order valence-corrected chi connectivity index (χ3v) is 3.46. The molecule has 2 saturated heterocycles. The van der Waals surface area contributed by atoms with Crippen molar-refractivity contribution in [2.24, 2.45) is 17.8 Å². The molecule has 3 nitrogen and oxygen atoms in total. The first kappa shape index (κ1) is 10.4. The quantitative estimate of drug-likeness (QED) is 0.697. The van der Waals surface area contributed by atoms with Crippen LogP contribution in [0.3, 0.4) is 0 Å². The second-order valence-corrected chi connectivity index (χ2v) is 4.45. The number of hydrogen-bond acceptors (Lipinski definition) is 3. The van der Waals surface area contributed by atoms with E-state index >= 15 is 0 Å². The molecule has 3 heteroatoms. The molecule has 0 bridgehead atoms. The van der Waals surface area contributed by atoms with Crippen molar-refractivity contribution in [2.75, 3.05) is 13.7 Å². The summed E-state index contributed by atoms with van der Waals surface area (Å²) in [5, 5.41) is 0. The van der Waals surface area contributed by atoms with Crippen LogP contribution in [0.1, 0.15) is 26.7 Å². The Kier molecular flexibility index (Phi) is 3.10. The molecule has 0 aliphatic carbocycles. The maximum absolute atomic E-state index is 5.73. The van der Waals surface area contributed by atoms with E-state index in [1.165, 1.54) is 12.8 Å². The summed E-state index contributed by atoms with van der Waals surface area (Å²) in [4.78, 5) is 0. The Morgan fingerprint density at radius 3 is 2.86 bits per heavy atom. The van der Waals surface area contributed by atoms with E-state index in [9.17, 15) is 0 Å². The lowest BCUT2D eigenvalue weighted by Gasteiger charge is -2.22. The van der Waals surface area contributed by atoms with Crippen LogP contribution in [0, 0.1) is 17.8 Å². The van der Waals surface area contributed by atoms with Gasteiger partial charge in [-0.1, -0.05) is 20.3 Å². The van der Waals surface area contributed by atoms with Crippen molar-refractivity contribution in [1.29, 1.82) is 0 Å². The van der Waals surface area contributed by atoms with Gasteiger partial charge in [-0.05, 0) is 12.3 Å². The first-order valence-electron chi connectivity index (χ1n) is 5.57. The molecule has 0 aromatic heterocycles. The van der Waals surface area contributed by atoms with Gasteiger partial charge in [-0.2, -0.15) is 0 Å². The Bertz CT molecular complexity index is 195. The highest BCUT2D eigenvalue weighted by molar-refractivity contribution is 4.89. The van der Waals surface area contributed by atoms with Crippen molar-refractivity contribution < 1.29 is 14.2 Å². The third-order valence-electron chi connectivity index (χ3n) is 3.46. The Hall–Kier alpha value is -0.120. The summed E-state index contributed by atoms with van der Waals surface area (Å²) >= 11 is 0. The van der Waals surface area contributed by atoms with Gasteiger partial charge < -0.3 is 14.2 Å². The topological polar surface area (TPSA) is 27.7 Å². The predicted molar refractivity (Wildman–Crippen MR) is 52.7 cm³/mol. The van der Waals surface area contributed by atoms with E-state index in [4.69, 9.17) is 14.2 Å². The summed E-state index contributed by atoms with van der Waals surface area (Å²) in [5.41, 5.74) is 0. The van der Waals surface area contributed by atoms with Crippen molar-refractivity contribution in [3.63, 3.8) is 0 Å². The number of methoxy groups -OCH3 is 1. The molecular weight excluding hydrogens is 180 g/mol. The molecule has 2 aliphatic heterocycles. The standard InChI is InChI=1S/C11H20O3/c1-4-5-8-9-7(2)6-13-11(9)14-10(8)12-3/h7-11H,4-6H2,1-3H3. The Labute approximate surface area is 85.7 Å². The molecule has 0 N–H and O–H groups in total. The molecule has 2 fully saturated rings. The summed E-state index contributed by atoms with van der Waals surface area (Å²) in [5.74, 6) is 1.67. The van der Waals surface area contributed by atoms with Crippen LogP contribution in [0.2, 0.25) is 0 Å². The molecule has 0 aromatic carbocycles. The zero-order valence-electron chi connectivity index (χ0n) is 9.23. The highest BCUT2D eigenvalue weighted by Gasteiger charge is 2.50. The predicted octanol–water partition coefficient (Wildman–Crippen LogP) is 2.01. The van der Waals surface area contributed by atoms with E-state index in [1.54, 1.807) is 7.11 Å². The molecule has 82 valence electrons. The van der Waals surface area contributed by atoms with Gasteiger partial charge in [0.05, 0.1) is 6.61 Å². The molecule has 2 aliphatic rings. The van der Waals surface area contributed by atoms with Crippen molar-refractivity contribution >= 4 is 0 Å². The fraction of sp³-hybridized carbons (Fsp3) is 1.00. The van der Waals surface area contributed by atoms with Gasteiger partial charge in [-0.25, -0.2) is 0 Å². The maximum atomic E-state index is 5.73. The minimum Gasteiger partial charge on any atom is -0.355 e. The average Bonchev–Trinajstić information content (AvgIpc) is 2.69. The van der Waals surface area contributed by atoms with Gasteiger partial charge in [0.2, 0.25) is 0 Å². The van der Waals surface area contributed by atoms with Crippen LogP contribution in [0.5, 0.6) is 0 Å².